The Kier molecular flexibility index (Phi) is 3.93. The Balaban J connectivity index is 2.22. The minimum atomic E-state index is 1.09. The molecule has 3 rings (SSSR count). The van der Waals surface area contributed by atoms with Gasteiger partial charge in [0.25, 0.3) is 0 Å². The average molecular weight is 284 g/mol. The van der Waals surface area contributed by atoms with E-state index in [9.17, 15) is 0 Å². The van der Waals surface area contributed by atoms with Crippen LogP contribution in [0.5, 0.6) is 0 Å². The summed E-state index contributed by atoms with van der Waals surface area (Å²) in [5.74, 6) is 0. The van der Waals surface area contributed by atoms with Crippen LogP contribution in [0.15, 0.2) is 79.4 Å². The zero-order valence-electron chi connectivity index (χ0n) is 13.1. The van der Waals surface area contributed by atoms with Crippen LogP contribution < -0.4 is 0 Å². The van der Waals surface area contributed by atoms with E-state index in [4.69, 9.17) is 0 Å². The van der Waals surface area contributed by atoms with Gasteiger partial charge < -0.3 is 0 Å². The highest BCUT2D eigenvalue weighted by Gasteiger charge is 2.11. The fourth-order valence-electron chi connectivity index (χ4n) is 2.85. The summed E-state index contributed by atoms with van der Waals surface area (Å²) in [7, 11) is 0. The maximum absolute atomic E-state index is 4.18. The van der Waals surface area contributed by atoms with Gasteiger partial charge in [0.15, 0.2) is 0 Å². The predicted molar refractivity (Wildman–Crippen MR) is 96.8 cm³/mol. The molecule has 0 atom stereocenters. The molecule has 0 bridgehead atoms. The Morgan fingerprint density at radius 1 is 0.727 bits per heavy atom. The Hall–Kier alpha value is -2.60. The van der Waals surface area contributed by atoms with E-state index in [2.05, 4.69) is 93.2 Å². The van der Waals surface area contributed by atoms with Gasteiger partial charge in [0, 0.05) is 0 Å². The van der Waals surface area contributed by atoms with Gasteiger partial charge in [0.05, 0.1) is 0 Å². The molecule has 0 unspecified atom stereocenters. The number of rotatable bonds is 3. The van der Waals surface area contributed by atoms with Gasteiger partial charge in [0.2, 0.25) is 0 Å². The normalized spacial score (nSPS) is 10.5. The molecule has 0 aliphatic rings. The van der Waals surface area contributed by atoms with E-state index < -0.39 is 0 Å². The van der Waals surface area contributed by atoms with Crippen molar-refractivity contribution in [3.05, 3.63) is 90.5 Å². The molecule has 0 heterocycles. The third-order valence-corrected chi connectivity index (χ3v) is 3.99. The maximum Gasteiger partial charge on any atom is -0.0106 e. The fraction of sp³-hybridized carbons (Fsp3) is 0.0909. The Bertz CT molecular complexity index is 796. The molecule has 0 amide bonds. The molecule has 3 aromatic carbocycles. The second-order valence-corrected chi connectivity index (χ2v) is 5.73. The SMILES string of the molecule is C=C(C)c1cc(-c2ccccc2)c(C)cc1-c1ccccc1. The molecule has 0 aliphatic carbocycles. The molecular formula is C22H20. The Morgan fingerprint density at radius 2 is 1.23 bits per heavy atom. The first kappa shape index (κ1) is 14.3. The van der Waals surface area contributed by atoms with Crippen LogP contribution in [-0.4, -0.2) is 0 Å². The second-order valence-electron chi connectivity index (χ2n) is 5.73. The van der Waals surface area contributed by atoms with Gasteiger partial charge in [-0.15, -0.1) is 0 Å². The van der Waals surface area contributed by atoms with Crippen LogP contribution in [0.25, 0.3) is 27.8 Å². The van der Waals surface area contributed by atoms with E-state index in [-0.39, 0.29) is 0 Å². The van der Waals surface area contributed by atoms with E-state index >= 15 is 0 Å². The first-order valence-electron chi connectivity index (χ1n) is 7.58. The van der Waals surface area contributed by atoms with Crippen molar-refractivity contribution in [3.8, 4) is 22.3 Å². The molecule has 0 radical (unpaired) electrons. The van der Waals surface area contributed by atoms with E-state index in [1.165, 1.54) is 33.4 Å². The Morgan fingerprint density at radius 3 is 1.73 bits per heavy atom. The molecule has 3 aromatic rings. The molecular weight excluding hydrogens is 264 g/mol. The maximum atomic E-state index is 4.18. The van der Waals surface area contributed by atoms with E-state index in [0.29, 0.717) is 0 Å². The summed E-state index contributed by atoms with van der Waals surface area (Å²) in [5.41, 5.74) is 8.62. The molecule has 0 fully saturated rings. The standard InChI is InChI=1S/C22H20/c1-16(2)20-15-21(18-10-6-4-7-11-18)17(3)14-22(20)19-12-8-5-9-13-19/h4-15H,1H2,2-3H3. The highest BCUT2D eigenvalue weighted by Crippen LogP contribution is 2.34. The van der Waals surface area contributed by atoms with E-state index in [1.54, 1.807) is 0 Å². The smallest absolute Gasteiger partial charge is 0.0106 e. The minimum absolute atomic E-state index is 1.09. The van der Waals surface area contributed by atoms with Crippen LogP contribution in [0.2, 0.25) is 0 Å². The average Bonchev–Trinajstić information content (AvgIpc) is 2.56. The number of allylic oxidation sites excluding steroid dienone is 1. The molecule has 0 aromatic heterocycles. The van der Waals surface area contributed by atoms with E-state index in [1.807, 2.05) is 0 Å². The quantitative estimate of drug-likeness (QED) is 0.524. The summed E-state index contributed by atoms with van der Waals surface area (Å²) >= 11 is 0. The zero-order valence-corrected chi connectivity index (χ0v) is 13.1. The van der Waals surface area contributed by atoms with Crippen molar-refractivity contribution >= 4 is 5.57 Å². The predicted octanol–water partition coefficient (Wildman–Crippen LogP) is 6.36. The molecule has 0 saturated heterocycles. The molecule has 22 heavy (non-hydrogen) atoms. The molecule has 0 heteroatoms. The highest BCUT2D eigenvalue weighted by atomic mass is 14.1. The van der Waals surface area contributed by atoms with Gasteiger partial charge in [-0.2, -0.15) is 0 Å². The number of benzene rings is 3. The van der Waals surface area contributed by atoms with Crippen molar-refractivity contribution in [1.29, 1.82) is 0 Å². The van der Waals surface area contributed by atoms with E-state index in [0.717, 1.165) is 5.57 Å². The third-order valence-electron chi connectivity index (χ3n) is 3.99. The van der Waals surface area contributed by atoms with Gasteiger partial charge in [-0.05, 0) is 53.3 Å². The number of hydrogen-bond acceptors (Lipinski definition) is 0. The lowest BCUT2D eigenvalue weighted by molar-refractivity contribution is 1.43. The summed E-state index contributed by atoms with van der Waals surface area (Å²) in [5, 5.41) is 0. The van der Waals surface area contributed by atoms with Crippen molar-refractivity contribution in [2.75, 3.05) is 0 Å². The largest absolute Gasteiger partial charge is 0.0955 e. The fourth-order valence-corrected chi connectivity index (χ4v) is 2.85. The second kappa shape index (κ2) is 6.03. The lowest BCUT2D eigenvalue weighted by Crippen LogP contribution is -1.92. The molecule has 0 N–H and O–H groups in total. The van der Waals surface area contributed by atoms with Gasteiger partial charge in [0.1, 0.15) is 0 Å². The van der Waals surface area contributed by atoms with Gasteiger partial charge in [-0.1, -0.05) is 78.9 Å². The van der Waals surface area contributed by atoms with Crippen LogP contribution in [0.3, 0.4) is 0 Å². The topological polar surface area (TPSA) is 0 Å². The van der Waals surface area contributed by atoms with Crippen molar-refractivity contribution in [2.45, 2.75) is 13.8 Å². The zero-order chi connectivity index (χ0) is 15.5. The number of aryl methyl sites for hydroxylation is 1. The van der Waals surface area contributed by atoms with Crippen molar-refractivity contribution in [2.24, 2.45) is 0 Å². The molecule has 0 aliphatic heterocycles. The van der Waals surface area contributed by atoms with Gasteiger partial charge >= 0.3 is 0 Å². The van der Waals surface area contributed by atoms with Crippen LogP contribution in [0, 0.1) is 6.92 Å². The van der Waals surface area contributed by atoms with Crippen molar-refractivity contribution in [3.63, 3.8) is 0 Å². The molecule has 0 saturated carbocycles. The first-order chi connectivity index (χ1) is 10.7. The monoisotopic (exact) mass is 284 g/mol. The molecule has 108 valence electrons. The van der Waals surface area contributed by atoms with Crippen LogP contribution in [0.4, 0.5) is 0 Å². The van der Waals surface area contributed by atoms with Gasteiger partial charge in [-0.25, -0.2) is 0 Å². The lowest BCUT2D eigenvalue weighted by atomic mass is 9.89. The van der Waals surface area contributed by atoms with Crippen molar-refractivity contribution < 1.29 is 0 Å². The van der Waals surface area contributed by atoms with Crippen LogP contribution >= 0.6 is 0 Å². The third kappa shape index (κ3) is 2.73. The summed E-state index contributed by atoms with van der Waals surface area (Å²) in [6.45, 7) is 8.43. The summed E-state index contributed by atoms with van der Waals surface area (Å²) in [6, 6.07) is 25.6. The molecule has 0 spiro atoms. The summed E-state index contributed by atoms with van der Waals surface area (Å²) in [6.07, 6.45) is 0. The lowest BCUT2D eigenvalue weighted by Gasteiger charge is -2.15. The summed E-state index contributed by atoms with van der Waals surface area (Å²) in [4.78, 5) is 0. The van der Waals surface area contributed by atoms with Crippen LogP contribution in [0.1, 0.15) is 18.1 Å². The number of hydrogen-bond donors (Lipinski definition) is 0. The minimum Gasteiger partial charge on any atom is -0.0955 e. The van der Waals surface area contributed by atoms with Gasteiger partial charge in [-0.3, -0.25) is 0 Å². The van der Waals surface area contributed by atoms with Crippen LogP contribution in [-0.2, 0) is 0 Å². The summed E-state index contributed by atoms with van der Waals surface area (Å²) < 4.78 is 0. The van der Waals surface area contributed by atoms with Crippen molar-refractivity contribution in [1.82, 2.24) is 0 Å². The Labute approximate surface area is 132 Å². The molecule has 0 nitrogen and oxygen atoms in total. The first-order valence-corrected chi connectivity index (χ1v) is 7.58. The highest BCUT2D eigenvalue weighted by molar-refractivity contribution is 5.85.